The first kappa shape index (κ1) is 26.1. The largest absolute Gasteiger partial charge is 0.457 e. The third kappa shape index (κ3) is 6.81. The molecule has 1 fully saturated rings. The summed E-state index contributed by atoms with van der Waals surface area (Å²) in [5.41, 5.74) is 6.53. The number of ketones is 1. The van der Waals surface area contributed by atoms with E-state index in [2.05, 4.69) is 16.0 Å². The average Bonchev–Trinajstić information content (AvgIpc) is 3.58. The van der Waals surface area contributed by atoms with E-state index in [-0.39, 0.29) is 29.4 Å². The lowest BCUT2D eigenvalue weighted by molar-refractivity contribution is -0.124. The molecule has 6 N–H and O–H groups in total. The van der Waals surface area contributed by atoms with Crippen LogP contribution in [0.3, 0.4) is 0 Å². The van der Waals surface area contributed by atoms with Crippen LogP contribution < -0.4 is 26.4 Å². The minimum absolute atomic E-state index is 0.0112. The highest BCUT2D eigenvalue weighted by atomic mass is 32.1. The molecule has 1 aromatic heterocycles. The van der Waals surface area contributed by atoms with Gasteiger partial charge in [0.05, 0.1) is 18.6 Å². The molecule has 0 aliphatic carbocycles. The second kappa shape index (κ2) is 11.8. The summed E-state index contributed by atoms with van der Waals surface area (Å²) in [7, 11) is 0. The van der Waals surface area contributed by atoms with Crippen molar-refractivity contribution in [1.82, 2.24) is 16.0 Å². The van der Waals surface area contributed by atoms with Crippen molar-refractivity contribution in [2.45, 2.75) is 32.0 Å². The highest BCUT2D eigenvalue weighted by Crippen LogP contribution is 2.22. The maximum Gasteiger partial charge on any atom is 0.251 e. The Morgan fingerprint density at radius 1 is 1.11 bits per heavy atom. The van der Waals surface area contributed by atoms with Gasteiger partial charge in [0.15, 0.2) is 5.78 Å². The van der Waals surface area contributed by atoms with Crippen LogP contribution >= 0.6 is 11.3 Å². The van der Waals surface area contributed by atoms with E-state index in [0.717, 1.165) is 4.88 Å². The molecule has 9 nitrogen and oxygen atoms in total. The molecule has 4 rings (SSSR count). The number of nitrogens with two attached hydrogens (primary N) is 1. The number of carbonyl (C=O) groups is 3. The van der Waals surface area contributed by atoms with Crippen LogP contribution in [-0.4, -0.2) is 42.1 Å². The molecule has 0 unspecified atom stereocenters. The van der Waals surface area contributed by atoms with Gasteiger partial charge < -0.3 is 26.4 Å². The number of para-hydroxylation sites is 1. The number of hydrogen-bond acceptors (Lipinski definition) is 7. The number of Topliss-reactive ketones (excluding diaryl/α,β-unsaturated/α-hetero) is 1. The standard InChI is InChI=1S/C27H29N5O4S/c1-16(32-26(34)17-7-9-21(10-8-17)36-20-5-3-2-4-6-20)24(33)18-12-23(30-13-18)27(35)31-14-22-11-19(15-37-22)25(28)29/h2-11,15-16,18,23,30H,12-14H2,1H3,(H3,28,29)(H,31,35)(H,32,34)/t16-,18-,23-/m0/s1. The summed E-state index contributed by atoms with van der Waals surface area (Å²) in [6.07, 6.45) is 0.361. The summed E-state index contributed by atoms with van der Waals surface area (Å²) in [6, 6.07) is 16.6. The van der Waals surface area contributed by atoms with Crippen molar-refractivity contribution in [1.29, 1.82) is 5.41 Å². The smallest absolute Gasteiger partial charge is 0.251 e. The van der Waals surface area contributed by atoms with Crippen molar-refractivity contribution >= 4 is 34.8 Å². The Kier molecular flexibility index (Phi) is 8.32. The molecule has 37 heavy (non-hydrogen) atoms. The number of hydrogen-bond donors (Lipinski definition) is 5. The molecule has 0 saturated carbocycles. The summed E-state index contributed by atoms with van der Waals surface area (Å²) in [4.78, 5) is 39.1. The van der Waals surface area contributed by atoms with Gasteiger partial charge in [-0.2, -0.15) is 0 Å². The zero-order valence-electron chi connectivity index (χ0n) is 20.3. The van der Waals surface area contributed by atoms with Crippen LogP contribution in [0.1, 0.15) is 34.1 Å². The monoisotopic (exact) mass is 519 g/mol. The third-order valence-electron chi connectivity index (χ3n) is 6.12. The normalized spacial score (nSPS) is 17.5. The van der Waals surface area contributed by atoms with Crippen LogP contribution in [0.5, 0.6) is 11.5 Å². The molecule has 3 aromatic rings. The number of nitrogens with one attached hydrogen (secondary N) is 4. The first-order valence-corrected chi connectivity index (χ1v) is 12.8. The Hall–Kier alpha value is -4.02. The fourth-order valence-electron chi connectivity index (χ4n) is 4.07. The number of amidine groups is 1. The molecule has 192 valence electrons. The summed E-state index contributed by atoms with van der Waals surface area (Å²) < 4.78 is 5.74. The van der Waals surface area contributed by atoms with Gasteiger partial charge in [-0.3, -0.25) is 19.8 Å². The van der Waals surface area contributed by atoms with Gasteiger partial charge in [0, 0.05) is 33.8 Å². The predicted molar refractivity (Wildman–Crippen MR) is 142 cm³/mol. The van der Waals surface area contributed by atoms with E-state index in [0.29, 0.717) is 42.1 Å². The molecule has 1 saturated heterocycles. The van der Waals surface area contributed by atoms with E-state index in [1.807, 2.05) is 30.3 Å². The molecule has 2 amide bonds. The number of ether oxygens (including phenoxy) is 1. The Morgan fingerprint density at radius 2 is 1.81 bits per heavy atom. The van der Waals surface area contributed by atoms with E-state index in [4.69, 9.17) is 15.9 Å². The highest BCUT2D eigenvalue weighted by Gasteiger charge is 2.35. The van der Waals surface area contributed by atoms with Crippen LogP contribution in [0.25, 0.3) is 0 Å². The third-order valence-corrected chi connectivity index (χ3v) is 7.06. The molecular formula is C27H29N5O4S. The molecular weight excluding hydrogens is 490 g/mol. The lowest BCUT2D eigenvalue weighted by Gasteiger charge is -2.17. The van der Waals surface area contributed by atoms with Gasteiger partial charge >= 0.3 is 0 Å². The van der Waals surface area contributed by atoms with Crippen LogP contribution in [0.15, 0.2) is 66.0 Å². The van der Waals surface area contributed by atoms with Gasteiger partial charge in [-0.1, -0.05) is 18.2 Å². The highest BCUT2D eigenvalue weighted by molar-refractivity contribution is 7.10. The number of benzene rings is 2. The topological polar surface area (TPSA) is 146 Å². The van der Waals surface area contributed by atoms with Gasteiger partial charge in [0.2, 0.25) is 5.91 Å². The molecule has 1 aliphatic heterocycles. The van der Waals surface area contributed by atoms with Crippen molar-refractivity contribution in [3.8, 4) is 11.5 Å². The van der Waals surface area contributed by atoms with Crippen molar-refractivity contribution in [3.63, 3.8) is 0 Å². The second-order valence-corrected chi connectivity index (χ2v) is 9.86. The number of amides is 2. The van der Waals surface area contributed by atoms with E-state index in [1.165, 1.54) is 11.3 Å². The molecule has 3 atom stereocenters. The Balaban J connectivity index is 1.24. The molecule has 2 heterocycles. The van der Waals surface area contributed by atoms with Gasteiger partial charge in [0.1, 0.15) is 17.3 Å². The fraction of sp³-hybridized carbons (Fsp3) is 0.259. The quantitative estimate of drug-likeness (QED) is 0.206. The van der Waals surface area contributed by atoms with Gasteiger partial charge in [-0.15, -0.1) is 11.3 Å². The van der Waals surface area contributed by atoms with Crippen molar-refractivity contribution < 1.29 is 19.1 Å². The predicted octanol–water partition coefficient (Wildman–Crippen LogP) is 2.81. The van der Waals surface area contributed by atoms with E-state index >= 15 is 0 Å². The molecule has 2 aromatic carbocycles. The summed E-state index contributed by atoms with van der Waals surface area (Å²) in [5, 5.41) is 18.0. The SMILES string of the molecule is C[C@H](NC(=O)c1ccc(Oc2ccccc2)cc1)C(=O)[C@@H]1CN[C@H](C(=O)NCc2cc(C(=N)N)cs2)C1. The minimum atomic E-state index is -0.697. The first-order chi connectivity index (χ1) is 17.8. The van der Waals surface area contributed by atoms with Gasteiger partial charge in [-0.05, 0) is 55.8 Å². The van der Waals surface area contributed by atoms with Crippen LogP contribution in [0, 0.1) is 11.3 Å². The number of carbonyl (C=O) groups excluding carboxylic acids is 3. The molecule has 0 bridgehead atoms. The molecule has 0 spiro atoms. The fourth-order valence-corrected chi connectivity index (χ4v) is 4.89. The average molecular weight is 520 g/mol. The summed E-state index contributed by atoms with van der Waals surface area (Å²) >= 11 is 1.42. The van der Waals surface area contributed by atoms with Gasteiger partial charge in [0.25, 0.3) is 5.91 Å². The summed E-state index contributed by atoms with van der Waals surface area (Å²) in [6.45, 7) is 2.36. The number of thiophene rings is 1. The van der Waals surface area contributed by atoms with E-state index in [1.54, 1.807) is 42.6 Å². The minimum Gasteiger partial charge on any atom is -0.457 e. The van der Waals surface area contributed by atoms with Crippen molar-refractivity contribution in [2.75, 3.05) is 6.54 Å². The molecule has 10 heteroatoms. The Bertz CT molecular complexity index is 1280. The van der Waals surface area contributed by atoms with Crippen molar-refractivity contribution in [2.24, 2.45) is 11.7 Å². The van der Waals surface area contributed by atoms with E-state index < -0.39 is 12.1 Å². The van der Waals surface area contributed by atoms with Crippen molar-refractivity contribution in [3.05, 3.63) is 82.0 Å². The lowest BCUT2D eigenvalue weighted by Crippen LogP contribution is -2.42. The zero-order valence-corrected chi connectivity index (χ0v) is 21.1. The summed E-state index contributed by atoms with van der Waals surface area (Å²) in [5.74, 6) is 0.248. The van der Waals surface area contributed by atoms with Crippen LogP contribution in [0.4, 0.5) is 0 Å². The lowest BCUT2D eigenvalue weighted by atomic mass is 9.95. The number of nitrogen functional groups attached to an aromatic ring is 1. The van der Waals surface area contributed by atoms with Crippen LogP contribution in [-0.2, 0) is 16.1 Å². The Morgan fingerprint density at radius 3 is 2.49 bits per heavy atom. The molecule has 1 aliphatic rings. The van der Waals surface area contributed by atoms with Gasteiger partial charge in [-0.25, -0.2) is 0 Å². The molecule has 0 radical (unpaired) electrons. The Labute approximate surface area is 218 Å². The number of rotatable bonds is 10. The maximum absolute atomic E-state index is 12.9. The zero-order chi connectivity index (χ0) is 26.4. The first-order valence-electron chi connectivity index (χ1n) is 11.9. The maximum atomic E-state index is 12.9. The van der Waals surface area contributed by atoms with Crippen LogP contribution in [0.2, 0.25) is 0 Å². The second-order valence-electron chi connectivity index (χ2n) is 8.86. The van der Waals surface area contributed by atoms with E-state index in [9.17, 15) is 14.4 Å².